The first-order valence-corrected chi connectivity index (χ1v) is 8.82. The van der Waals surface area contributed by atoms with E-state index in [0.717, 1.165) is 5.56 Å². The lowest BCUT2D eigenvalue weighted by Gasteiger charge is -2.22. The second kappa shape index (κ2) is 9.19. The molecule has 0 heterocycles. The molecule has 0 aliphatic heterocycles. The third kappa shape index (κ3) is 5.82. The molecule has 2 rings (SSSR count). The topological polar surface area (TPSA) is 95.5 Å². The standard InChI is InChI=1S/C20H21ClN2O4/c1-12(2)18(23-17(24)10-13-6-4-3-5-7-13)19(25)22-14-8-9-15(20(26)27)16(21)11-14/h3-9,11-12,18H,10H2,1-2H3,(H,22,25)(H,23,24)(H,26,27). The first-order chi connectivity index (χ1) is 12.8. The number of halogens is 1. The van der Waals surface area contributed by atoms with E-state index in [-0.39, 0.29) is 28.8 Å². The first kappa shape index (κ1) is 20.5. The molecule has 0 bridgehead atoms. The molecule has 0 fully saturated rings. The monoisotopic (exact) mass is 388 g/mol. The second-order valence-electron chi connectivity index (χ2n) is 6.44. The van der Waals surface area contributed by atoms with Gasteiger partial charge >= 0.3 is 5.97 Å². The number of hydrogen-bond donors (Lipinski definition) is 3. The molecule has 3 N–H and O–H groups in total. The molecule has 27 heavy (non-hydrogen) atoms. The van der Waals surface area contributed by atoms with Crippen LogP contribution in [0.3, 0.4) is 0 Å². The summed E-state index contributed by atoms with van der Waals surface area (Å²) in [6.45, 7) is 3.65. The Labute approximate surface area is 162 Å². The SMILES string of the molecule is CC(C)C(NC(=O)Cc1ccccc1)C(=O)Nc1ccc(C(=O)O)c(Cl)c1. The van der Waals surface area contributed by atoms with Crippen molar-refractivity contribution in [2.75, 3.05) is 5.32 Å². The van der Waals surface area contributed by atoms with E-state index in [4.69, 9.17) is 16.7 Å². The van der Waals surface area contributed by atoms with Crippen LogP contribution in [0.1, 0.15) is 29.8 Å². The Kier molecular flexibility index (Phi) is 6.96. The molecule has 0 aromatic heterocycles. The number of carboxylic acids is 1. The van der Waals surface area contributed by atoms with Crippen molar-refractivity contribution in [2.24, 2.45) is 5.92 Å². The fourth-order valence-corrected chi connectivity index (χ4v) is 2.79. The highest BCUT2D eigenvalue weighted by molar-refractivity contribution is 6.33. The Morgan fingerprint density at radius 3 is 2.30 bits per heavy atom. The van der Waals surface area contributed by atoms with E-state index in [9.17, 15) is 14.4 Å². The predicted molar refractivity (Wildman–Crippen MR) is 104 cm³/mol. The van der Waals surface area contributed by atoms with Crippen LogP contribution >= 0.6 is 11.6 Å². The van der Waals surface area contributed by atoms with Crippen molar-refractivity contribution in [3.05, 3.63) is 64.7 Å². The van der Waals surface area contributed by atoms with Crippen LogP contribution < -0.4 is 10.6 Å². The van der Waals surface area contributed by atoms with Gasteiger partial charge < -0.3 is 15.7 Å². The number of benzene rings is 2. The third-order valence-electron chi connectivity index (χ3n) is 3.94. The second-order valence-corrected chi connectivity index (χ2v) is 6.85. The van der Waals surface area contributed by atoms with Crippen molar-refractivity contribution in [3.63, 3.8) is 0 Å². The summed E-state index contributed by atoms with van der Waals surface area (Å²) < 4.78 is 0. The quantitative estimate of drug-likeness (QED) is 0.677. The molecule has 0 saturated heterocycles. The van der Waals surface area contributed by atoms with Gasteiger partial charge in [0.15, 0.2) is 0 Å². The maximum absolute atomic E-state index is 12.6. The lowest BCUT2D eigenvalue weighted by atomic mass is 10.0. The molecule has 1 unspecified atom stereocenters. The number of hydrogen-bond acceptors (Lipinski definition) is 3. The Hall–Kier alpha value is -2.86. The molecule has 7 heteroatoms. The molecule has 2 aromatic carbocycles. The third-order valence-corrected chi connectivity index (χ3v) is 4.25. The van der Waals surface area contributed by atoms with E-state index in [1.807, 2.05) is 44.2 Å². The Balaban J connectivity index is 2.05. The van der Waals surface area contributed by atoms with Crippen LogP contribution in [0.25, 0.3) is 0 Å². The number of carbonyl (C=O) groups excluding carboxylic acids is 2. The van der Waals surface area contributed by atoms with Crippen LogP contribution in [-0.2, 0) is 16.0 Å². The molecule has 2 aromatic rings. The fourth-order valence-electron chi connectivity index (χ4n) is 2.53. The number of rotatable bonds is 7. The summed E-state index contributed by atoms with van der Waals surface area (Å²) in [4.78, 5) is 35.9. The lowest BCUT2D eigenvalue weighted by molar-refractivity contribution is -0.127. The van der Waals surface area contributed by atoms with Crippen LogP contribution in [0.5, 0.6) is 0 Å². The van der Waals surface area contributed by atoms with E-state index in [0.29, 0.717) is 5.69 Å². The highest BCUT2D eigenvalue weighted by Crippen LogP contribution is 2.21. The minimum atomic E-state index is -1.15. The average Bonchev–Trinajstić information content (AvgIpc) is 2.60. The minimum absolute atomic E-state index is 0.0227. The maximum atomic E-state index is 12.6. The zero-order valence-corrected chi connectivity index (χ0v) is 15.8. The molecule has 1 atom stereocenters. The van der Waals surface area contributed by atoms with Crippen LogP contribution in [0.4, 0.5) is 5.69 Å². The predicted octanol–water partition coefficient (Wildman–Crippen LogP) is 3.36. The molecule has 0 saturated carbocycles. The number of amides is 2. The fraction of sp³-hybridized carbons (Fsp3) is 0.250. The number of carbonyl (C=O) groups is 3. The molecular formula is C20H21ClN2O4. The molecular weight excluding hydrogens is 368 g/mol. The molecule has 0 aliphatic rings. The van der Waals surface area contributed by atoms with E-state index in [1.54, 1.807) is 0 Å². The van der Waals surface area contributed by atoms with E-state index in [2.05, 4.69) is 10.6 Å². The zero-order chi connectivity index (χ0) is 20.0. The van der Waals surface area contributed by atoms with Crippen molar-refractivity contribution < 1.29 is 19.5 Å². The van der Waals surface area contributed by atoms with Crippen molar-refractivity contribution in [2.45, 2.75) is 26.3 Å². The highest BCUT2D eigenvalue weighted by atomic mass is 35.5. The van der Waals surface area contributed by atoms with Gasteiger partial charge in [-0.05, 0) is 29.7 Å². The van der Waals surface area contributed by atoms with E-state index >= 15 is 0 Å². The summed E-state index contributed by atoms with van der Waals surface area (Å²) in [5.41, 5.74) is 1.16. The van der Waals surface area contributed by atoms with Gasteiger partial charge in [-0.15, -0.1) is 0 Å². The van der Waals surface area contributed by atoms with Gasteiger partial charge in [0, 0.05) is 5.69 Å². The lowest BCUT2D eigenvalue weighted by Crippen LogP contribution is -2.47. The van der Waals surface area contributed by atoms with Crippen molar-refractivity contribution in [1.82, 2.24) is 5.32 Å². The molecule has 0 radical (unpaired) electrons. The number of aromatic carboxylic acids is 1. The zero-order valence-electron chi connectivity index (χ0n) is 15.0. The summed E-state index contributed by atoms with van der Waals surface area (Å²) in [5, 5.41) is 14.4. The molecule has 0 spiro atoms. The molecule has 2 amide bonds. The summed E-state index contributed by atoms with van der Waals surface area (Å²) >= 11 is 5.92. The highest BCUT2D eigenvalue weighted by Gasteiger charge is 2.24. The van der Waals surface area contributed by atoms with Gasteiger partial charge in [-0.2, -0.15) is 0 Å². The number of anilines is 1. The van der Waals surface area contributed by atoms with Gasteiger partial charge in [0.2, 0.25) is 11.8 Å². The van der Waals surface area contributed by atoms with Gasteiger partial charge in [0.1, 0.15) is 6.04 Å². The largest absolute Gasteiger partial charge is 0.478 e. The molecule has 0 aliphatic carbocycles. The number of nitrogens with one attached hydrogen (secondary N) is 2. The van der Waals surface area contributed by atoms with Gasteiger partial charge in [-0.25, -0.2) is 4.79 Å². The summed E-state index contributed by atoms with van der Waals surface area (Å²) in [6, 6.07) is 12.7. The number of carboxylic acid groups (broad SMARTS) is 1. The van der Waals surface area contributed by atoms with Crippen molar-refractivity contribution >= 4 is 35.1 Å². The molecule has 6 nitrogen and oxygen atoms in total. The van der Waals surface area contributed by atoms with Crippen LogP contribution in [0.2, 0.25) is 5.02 Å². The van der Waals surface area contributed by atoms with Gasteiger partial charge in [-0.1, -0.05) is 55.8 Å². The van der Waals surface area contributed by atoms with Gasteiger partial charge in [0.25, 0.3) is 0 Å². The summed E-state index contributed by atoms with van der Waals surface area (Å²) in [5.74, 6) is -1.94. The van der Waals surface area contributed by atoms with Gasteiger partial charge in [-0.3, -0.25) is 9.59 Å². The van der Waals surface area contributed by atoms with E-state index < -0.39 is 17.9 Å². The Morgan fingerprint density at radius 1 is 1.07 bits per heavy atom. The summed E-state index contributed by atoms with van der Waals surface area (Å²) in [7, 11) is 0. The molecule has 142 valence electrons. The smallest absolute Gasteiger partial charge is 0.337 e. The van der Waals surface area contributed by atoms with Crippen molar-refractivity contribution in [1.29, 1.82) is 0 Å². The summed E-state index contributed by atoms with van der Waals surface area (Å²) in [6.07, 6.45) is 0.177. The van der Waals surface area contributed by atoms with Crippen LogP contribution in [-0.4, -0.2) is 28.9 Å². The van der Waals surface area contributed by atoms with E-state index in [1.165, 1.54) is 18.2 Å². The minimum Gasteiger partial charge on any atom is -0.478 e. The first-order valence-electron chi connectivity index (χ1n) is 8.45. The Bertz CT molecular complexity index is 837. The maximum Gasteiger partial charge on any atom is 0.337 e. The normalized spacial score (nSPS) is 11.7. The van der Waals surface area contributed by atoms with Gasteiger partial charge in [0.05, 0.1) is 17.0 Å². The Morgan fingerprint density at radius 2 is 1.74 bits per heavy atom. The van der Waals surface area contributed by atoms with Crippen molar-refractivity contribution in [3.8, 4) is 0 Å². The average molecular weight is 389 g/mol. The van der Waals surface area contributed by atoms with Crippen LogP contribution in [0.15, 0.2) is 48.5 Å². The van der Waals surface area contributed by atoms with Crippen LogP contribution in [0, 0.1) is 5.92 Å².